The molecular weight excluding hydrogens is 252 g/mol. The number of piperidine rings is 1. The third-order valence-corrected chi connectivity index (χ3v) is 4.08. The van der Waals surface area contributed by atoms with Crippen LogP contribution in [0.15, 0.2) is 0 Å². The first-order chi connectivity index (χ1) is 9.74. The van der Waals surface area contributed by atoms with Gasteiger partial charge in [0.2, 0.25) is 5.91 Å². The van der Waals surface area contributed by atoms with E-state index in [1.54, 1.807) is 0 Å². The number of unbranched alkanes of at least 4 members (excludes halogenated alkanes) is 1. The second-order valence-corrected chi connectivity index (χ2v) is 5.96. The molecule has 0 aromatic heterocycles. The fraction of sp³-hybridized carbons (Fsp3) is 0.938. The van der Waals surface area contributed by atoms with E-state index >= 15 is 0 Å². The summed E-state index contributed by atoms with van der Waals surface area (Å²) in [5.74, 6) is 1.33. The van der Waals surface area contributed by atoms with Crippen molar-refractivity contribution < 1.29 is 9.53 Å². The third-order valence-electron chi connectivity index (χ3n) is 4.08. The summed E-state index contributed by atoms with van der Waals surface area (Å²) in [6.45, 7) is 8.89. The number of rotatable bonds is 10. The number of amides is 1. The largest absolute Gasteiger partial charge is 0.381 e. The average Bonchev–Trinajstić information content (AvgIpc) is 2.47. The highest BCUT2D eigenvalue weighted by Crippen LogP contribution is 2.22. The minimum atomic E-state index is 0.191. The zero-order chi connectivity index (χ0) is 14.6. The number of hydrogen-bond acceptors (Lipinski definition) is 3. The van der Waals surface area contributed by atoms with Crippen LogP contribution in [0.25, 0.3) is 0 Å². The first-order valence-electron chi connectivity index (χ1n) is 8.29. The molecule has 1 rings (SSSR count). The molecule has 2 atom stereocenters. The maximum absolute atomic E-state index is 11.9. The van der Waals surface area contributed by atoms with Crippen molar-refractivity contribution >= 4 is 5.91 Å². The van der Waals surface area contributed by atoms with Crippen LogP contribution in [-0.2, 0) is 9.53 Å². The predicted molar refractivity (Wildman–Crippen MR) is 82.7 cm³/mol. The molecule has 0 spiro atoms. The molecule has 4 nitrogen and oxygen atoms in total. The van der Waals surface area contributed by atoms with Crippen molar-refractivity contribution in [1.82, 2.24) is 10.6 Å². The van der Waals surface area contributed by atoms with Gasteiger partial charge in [0.05, 0.1) is 0 Å². The quantitative estimate of drug-likeness (QED) is 0.605. The summed E-state index contributed by atoms with van der Waals surface area (Å²) >= 11 is 0. The minimum Gasteiger partial charge on any atom is -0.381 e. The number of carbonyl (C=O) groups excluding carboxylic acids is 1. The number of hydrogen-bond donors (Lipinski definition) is 2. The molecule has 1 heterocycles. The Hall–Kier alpha value is -0.610. The van der Waals surface area contributed by atoms with Crippen molar-refractivity contribution in [2.75, 3.05) is 32.8 Å². The SMILES string of the molecule is CCCCOCCCNC(=O)CC(C)C1CCCNC1. The molecule has 4 heteroatoms. The van der Waals surface area contributed by atoms with Gasteiger partial charge in [0.25, 0.3) is 0 Å². The van der Waals surface area contributed by atoms with Gasteiger partial charge in [-0.05, 0) is 50.6 Å². The van der Waals surface area contributed by atoms with E-state index in [2.05, 4.69) is 24.5 Å². The molecule has 0 aromatic rings. The van der Waals surface area contributed by atoms with Crippen LogP contribution < -0.4 is 10.6 Å². The van der Waals surface area contributed by atoms with Crippen molar-refractivity contribution in [2.45, 2.75) is 52.4 Å². The third kappa shape index (κ3) is 7.85. The van der Waals surface area contributed by atoms with Crippen LogP contribution in [0.5, 0.6) is 0 Å². The van der Waals surface area contributed by atoms with Gasteiger partial charge in [0.1, 0.15) is 0 Å². The Kier molecular flexibility index (Phi) is 9.67. The first kappa shape index (κ1) is 17.4. The molecule has 0 bridgehead atoms. The zero-order valence-corrected chi connectivity index (χ0v) is 13.2. The van der Waals surface area contributed by atoms with Gasteiger partial charge in [0.15, 0.2) is 0 Å². The topological polar surface area (TPSA) is 50.4 Å². The highest BCUT2D eigenvalue weighted by molar-refractivity contribution is 5.76. The van der Waals surface area contributed by atoms with Crippen LogP contribution in [0.4, 0.5) is 0 Å². The van der Waals surface area contributed by atoms with Crippen LogP contribution in [-0.4, -0.2) is 38.8 Å². The average molecular weight is 284 g/mol. The number of carbonyl (C=O) groups is 1. The maximum atomic E-state index is 11.9. The summed E-state index contributed by atoms with van der Waals surface area (Å²) in [6, 6.07) is 0. The molecule has 0 saturated carbocycles. The van der Waals surface area contributed by atoms with E-state index in [1.165, 1.54) is 19.3 Å². The van der Waals surface area contributed by atoms with E-state index < -0.39 is 0 Å². The lowest BCUT2D eigenvalue weighted by Crippen LogP contribution is -2.35. The molecule has 2 unspecified atom stereocenters. The molecule has 2 N–H and O–H groups in total. The van der Waals surface area contributed by atoms with Gasteiger partial charge in [-0.25, -0.2) is 0 Å². The summed E-state index contributed by atoms with van der Waals surface area (Å²) in [5.41, 5.74) is 0. The molecule has 1 amide bonds. The highest BCUT2D eigenvalue weighted by atomic mass is 16.5. The lowest BCUT2D eigenvalue weighted by molar-refractivity contribution is -0.122. The lowest BCUT2D eigenvalue weighted by atomic mass is 9.85. The van der Waals surface area contributed by atoms with Crippen LogP contribution in [0.3, 0.4) is 0 Å². The Morgan fingerprint density at radius 2 is 2.20 bits per heavy atom. The zero-order valence-electron chi connectivity index (χ0n) is 13.2. The van der Waals surface area contributed by atoms with Crippen molar-refractivity contribution in [3.8, 4) is 0 Å². The van der Waals surface area contributed by atoms with Crippen LogP contribution in [0, 0.1) is 11.8 Å². The summed E-state index contributed by atoms with van der Waals surface area (Å²) in [7, 11) is 0. The normalized spacial score (nSPS) is 20.6. The Morgan fingerprint density at radius 3 is 2.90 bits per heavy atom. The molecule has 0 aliphatic carbocycles. The second kappa shape index (κ2) is 11.1. The smallest absolute Gasteiger partial charge is 0.220 e. The van der Waals surface area contributed by atoms with Gasteiger partial charge < -0.3 is 15.4 Å². The van der Waals surface area contributed by atoms with E-state index in [1.807, 2.05) is 0 Å². The van der Waals surface area contributed by atoms with Crippen molar-refractivity contribution in [3.63, 3.8) is 0 Å². The summed E-state index contributed by atoms with van der Waals surface area (Å²) < 4.78 is 5.47. The molecule has 0 radical (unpaired) electrons. The Balaban J connectivity index is 1.99. The van der Waals surface area contributed by atoms with E-state index in [-0.39, 0.29) is 5.91 Å². The number of nitrogens with one attached hydrogen (secondary N) is 2. The second-order valence-electron chi connectivity index (χ2n) is 5.96. The van der Waals surface area contributed by atoms with Crippen LogP contribution in [0.1, 0.15) is 52.4 Å². The fourth-order valence-electron chi connectivity index (χ4n) is 2.65. The molecule has 0 aromatic carbocycles. The molecular formula is C16H32N2O2. The highest BCUT2D eigenvalue weighted by Gasteiger charge is 2.21. The van der Waals surface area contributed by atoms with E-state index in [4.69, 9.17) is 4.74 Å². The van der Waals surface area contributed by atoms with Gasteiger partial charge >= 0.3 is 0 Å². The van der Waals surface area contributed by atoms with E-state index in [0.29, 0.717) is 18.3 Å². The summed E-state index contributed by atoms with van der Waals surface area (Å²) in [5, 5.41) is 6.42. The van der Waals surface area contributed by atoms with Gasteiger partial charge in [-0.2, -0.15) is 0 Å². The molecule has 118 valence electrons. The van der Waals surface area contributed by atoms with Crippen LogP contribution >= 0.6 is 0 Å². The standard InChI is InChI=1S/C16H32N2O2/c1-3-4-10-20-11-6-9-18-16(19)12-14(2)15-7-5-8-17-13-15/h14-15,17H,3-13H2,1-2H3,(H,18,19). The van der Waals surface area contributed by atoms with E-state index in [9.17, 15) is 4.79 Å². The minimum absolute atomic E-state index is 0.191. The molecule has 1 saturated heterocycles. The first-order valence-corrected chi connectivity index (χ1v) is 8.29. The number of ether oxygens (including phenoxy) is 1. The summed E-state index contributed by atoms with van der Waals surface area (Å²) in [6.07, 6.45) is 6.36. The van der Waals surface area contributed by atoms with Crippen molar-refractivity contribution in [3.05, 3.63) is 0 Å². The van der Waals surface area contributed by atoms with Gasteiger partial charge in [0, 0.05) is 26.2 Å². The monoisotopic (exact) mass is 284 g/mol. The lowest BCUT2D eigenvalue weighted by Gasteiger charge is -2.28. The van der Waals surface area contributed by atoms with Crippen molar-refractivity contribution in [1.29, 1.82) is 0 Å². The maximum Gasteiger partial charge on any atom is 0.220 e. The Morgan fingerprint density at radius 1 is 1.40 bits per heavy atom. The van der Waals surface area contributed by atoms with Gasteiger partial charge in [-0.3, -0.25) is 4.79 Å². The van der Waals surface area contributed by atoms with E-state index in [0.717, 1.165) is 45.7 Å². The Bertz CT molecular complexity index is 253. The molecule has 20 heavy (non-hydrogen) atoms. The summed E-state index contributed by atoms with van der Waals surface area (Å²) in [4.78, 5) is 11.9. The molecule has 1 aliphatic rings. The fourth-order valence-corrected chi connectivity index (χ4v) is 2.65. The molecule has 1 aliphatic heterocycles. The van der Waals surface area contributed by atoms with Gasteiger partial charge in [-0.15, -0.1) is 0 Å². The predicted octanol–water partition coefficient (Wildman–Crippen LogP) is 2.34. The van der Waals surface area contributed by atoms with Crippen molar-refractivity contribution in [2.24, 2.45) is 11.8 Å². The molecule has 1 fully saturated rings. The van der Waals surface area contributed by atoms with Crippen LogP contribution in [0.2, 0.25) is 0 Å². The van der Waals surface area contributed by atoms with Gasteiger partial charge in [-0.1, -0.05) is 20.3 Å². The Labute approximate surface area is 124 Å².